The molecule has 2 aromatic carbocycles. The van der Waals surface area contributed by atoms with Gasteiger partial charge in [-0.2, -0.15) is 4.31 Å². The zero-order chi connectivity index (χ0) is 19.6. The Kier molecular flexibility index (Phi) is 5.81. The fourth-order valence-corrected chi connectivity index (χ4v) is 4.91. The molecule has 0 saturated carbocycles. The summed E-state index contributed by atoms with van der Waals surface area (Å²) >= 11 is 5.84. The molecular formula is C18H21ClN3O4S+. The van der Waals surface area contributed by atoms with Crippen LogP contribution in [0.3, 0.4) is 0 Å². The topological polar surface area (TPSA) is 85.0 Å². The van der Waals surface area contributed by atoms with Crippen molar-refractivity contribution in [3.05, 3.63) is 69.2 Å². The average molecular weight is 411 g/mol. The molecule has 0 unspecified atom stereocenters. The van der Waals surface area contributed by atoms with E-state index >= 15 is 0 Å². The van der Waals surface area contributed by atoms with Crippen LogP contribution in [0.25, 0.3) is 0 Å². The summed E-state index contributed by atoms with van der Waals surface area (Å²) in [5.41, 5.74) is 0.955. The Labute approximate surface area is 163 Å². The quantitative estimate of drug-likeness (QED) is 0.602. The number of nitrogens with one attached hydrogen (secondary N) is 1. The largest absolute Gasteiger partial charge is 0.327 e. The van der Waals surface area contributed by atoms with Gasteiger partial charge in [0.25, 0.3) is 5.69 Å². The maximum atomic E-state index is 12.8. The van der Waals surface area contributed by atoms with Crippen LogP contribution in [-0.4, -0.2) is 43.8 Å². The van der Waals surface area contributed by atoms with Crippen molar-refractivity contribution in [1.29, 1.82) is 0 Å². The first-order valence-corrected chi connectivity index (χ1v) is 10.5. The van der Waals surface area contributed by atoms with E-state index in [0.717, 1.165) is 5.56 Å². The molecule has 1 heterocycles. The van der Waals surface area contributed by atoms with Crippen LogP contribution in [0.15, 0.2) is 53.4 Å². The Bertz CT molecular complexity index is 926. The molecule has 27 heavy (non-hydrogen) atoms. The molecule has 2 aromatic rings. The van der Waals surface area contributed by atoms with Crippen LogP contribution in [0.1, 0.15) is 18.5 Å². The molecule has 0 radical (unpaired) electrons. The van der Waals surface area contributed by atoms with E-state index in [2.05, 4.69) is 0 Å². The molecule has 1 atom stereocenters. The predicted molar refractivity (Wildman–Crippen MR) is 102 cm³/mol. The third-order valence-electron chi connectivity index (χ3n) is 5.01. The Morgan fingerprint density at radius 2 is 1.78 bits per heavy atom. The van der Waals surface area contributed by atoms with Gasteiger partial charge in [-0.15, -0.1) is 0 Å². The van der Waals surface area contributed by atoms with Crippen LogP contribution >= 0.6 is 11.6 Å². The summed E-state index contributed by atoms with van der Waals surface area (Å²) in [4.78, 5) is 12.0. The monoisotopic (exact) mass is 410 g/mol. The highest BCUT2D eigenvalue weighted by molar-refractivity contribution is 7.89. The van der Waals surface area contributed by atoms with Gasteiger partial charge in [0.05, 0.1) is 36.0 Å². The van der Waals surface area contributed by atoms with E-state index in [1.807, 2.05) is 13.0 Å². The summed E-state index contributed by atoms with van der Waals surface area (Å²) in [5, 5.41) is 11.5. The minimum absolute atomic E-state index is 0.0466. The molecule has 1 fully saturated rings. The third kappa shape index (κ3) is 4.30. The second-order valence-corrected chi connectivity index (χ2v) is 8.96. The number of sulfonamides is 1. The zero-order valence-electron chi connectivity index (χ0n) is 14.8. The molecule has 1 saturated heterocycles. The van der Waals surface area contributed by atoms with Gasteiger partial charge in [-0.3, -0.25) is 10.1 Å². The van der Waals surface area contributed by atoms with E-state index in [9.17, 15) is 18.5 Å². The number of piperazine rings is 1. The highest BCUT2D eigenvalue weighted by Gasteiger charge is 2.32. The van der Waals surface area contributed by atoms with Gasteiger partial charge in [0.2, 0.25) is 10.0 Å². The lowest BCUT2D eigenvalue weighted by Gasteiger charge is -2.34. The van der Waals surface area contributed by atoms with Crippen molar-refractivity contribution in [3.8, 4) is 0 Å². The predicted octanol–water partition coefficient (Wildman–Crippen LogP) is 1.90. The van der Waals surface area contributed by atoms with Crippen molar-refractivity contribution in [3.63, 3.8) is 0 Å². The Morgan fingerprint density at radius 1 is 1.15 bits per heavy atom. The van der Waals surface area contributed by atoms with Crippen LogP contribution in [0.4, 0.5) is 5.69 Å². The van der Waals surface area contributed by atoms with Gasteiger partial charge >= 0.3 is 0 Å². The van der Waals surface area contributed by atoms with E-state index in [1.165, 1.54) is 27.4 Å². The fourth-order valence-electron chi connectivity index (χ4n) is 3.35. The number of nitro groups is 1. The highest BCUT2D eigenvalue weighted by Crippen LogP contribution is 2.20. The summed E-state index contributed by atoms with van der Waals surface area (Å²) in [5.74, 6) is 0. The molecule has 0 aromatic heterocycles. The Balaban J connectivity index is 1.68. The fraction of sp³-hybridized carbons (Fsp3) is 0.333. The van der Waals surface area contributed by atoms with Crippen molar-refractivity contribution in [2.75, 3.05) is 26.2 Å². The highest BCUT2D eigenvalue weighted by atomic mass is 35.5. The number of nitro benzene ring substituents is 1. The van der Waals surface area contributed by atoms with Crippen molar-refractivity contribution >= 4 is 27.3 Å². The van der Waals surface area contributed by atoms with Gasteiger partial charge in [0, 0.05) is 22.7 Å². The molecule has 0 spiro atoms. The summed E-state index contributed by atoms with van der Waals surface area (Å²) in [6.45, 7) is 4.09. The molecular weight excluding hydrogens is 390 g/mol. The van der Waals surface area contributed by atoms with E-state index in [0.29, 0.717) is 31.2 Å². The van der Waals surface area contributed by atoms with Gasteiger partial charge in [-0.1, -0.05) is 23.7 Å². The van der Waals surface area contributed by atoms with Gasteiger partial charge in [0.15, 0.2) is 0 Å². The number of halogens is 1. The van der Waals surface area contributed by atoms with E-state index in [4.69, 9.17) is 11.6 Å². The van der Waals surface area contributed by atoms with Crippen molar-refractivity contribution in [2.45, 2.75) is 17.9 Å². The smallest absolute Gasteiger partial charge is 0.269 e. The number of rotatable bonds is 5. The second kappa shape index (κ2) is 7.93. The van der Waals surface area contributed by atoms with Crippen LogP contribution in [0.5, 0.6) is 0 Å². The summed E-state index contributed by atoms with van der Waals surface area (Å²) in [6.07, 6.45) is 0. The number of hydrogen-bond acceptors (Lipinski definition) is 4. The second-order valence-electron chi connectivity index (χ2n) is 6.59. The standard InChI is InChI=1S/C18H20ClN3O4S/c1-14(15-3-2-4-17(13-15)22(23)24)20-9-11-21(12-10-20)27(25,26)18-7-5-16(19)6-8-18/h2-8,13-14H,9-12H2,1H3/p+1/t14-/m0/s1. The number of non-ortho nitro benzene ring substituents is 1. The molecule has 1 N–H and O–H groups in total. The minimum Gasteiger partial charge on any atom is -0.327 e. The molecule has 1 aliphatic heterocycles. The van der Waals surface area contributed by atoms with Crippen LogP contribution < -0.4 is 4.90 Å². The van der Waals surface area contributed by atoms with E-state index in [1.54, 1.807) is 24.3 Å². The molecule has 9 heteroatoms. The van der Waals surface area contributed by atoms with Crippen LogP contribution in [0, 0.1) is 10.1 Å². The van der Waals surface area contributed by atoms with Crippen LogP contribution in [0.2, 0.25) is 5.02 Å². The van der Waals surface area contributed by atoms with Crippen molar-refractivity contribution < 1.29 is 18.2 Å². The lowest BCUT2D eigenvalue weighted by molar-refractivity contribution is -0.933. The minimum atomic E-state index is -3.54. The first-order valence-electron chi connectivity index (χ1n) is 8.63. The normalized spacial score (nSPS) is 17.6. The molecule has 0 bridgehead atoms. The maximum Gasteiger partial charge on any atom is 0.269 e. The van der Waals surface area contributed by atoms with Gasteiger partial charge in [-0.25, -0.2) is 8.42 Å². The van der Waals surface area contributed by atoms with Crippen LogP contribution in [-0.2, 0) is 10.0 Å². The molecule has 7 nitrogen and oxygen atoms in total. The first kappa shape index (κ1) is 19.8. The summed E-state index contributed by atoms with van der Waals surface area (Å²) < 4.78 is 27.0. The van der Waals surface area contributed by atoms with Gasteiger partial charge < -0.3 is 4.90 Å². The van der Waals surface area contributed by atoms with E-state index in [-0.39, 0.29) is 16.6 Å². The zero-order valence-corrected chi connectivity index (χ0v) is 16.4. The number of benzene rings is 2. The molecule has 0 amide bonds. The number of quaternary nitrogens is 1. The van der Waals surface area contributed by atoms with Crippen molar-refractivity contribution in [2.24, 2.45) is 0 Å². The maximum absolute atomic E-state index is 12.8. The lowest BCUT2D eigenvalue weighted by Crippen LogP contribution is -3.14. The molecule has 1 aliphatic rings. The average Bonchev–Trinajstić information content (AvgIpc) is 2.68. The molecule has 0 aliphatic carbocycles. The Morgan fingerprint density at radius 3 is 2.37 bits per heavy atom. The number of hydrogen-bond donors (Lipinski definition) is 1. The lowest BCUT2D eigenvalue weighted by atomic mass is 10.1. The molecule has 3 rings (SSSR count). The van der Waals surface area contributed by atoms with E-state index < -0.39 is 14.9 Å². The van der Waals surface area contributed by atoms with Crippen molar-refractivity contribution in [1.82, 2.24) is 4.31 Å². The first-order chi connectivity index (χ1) is 12.8. The van der Waals surface area contributed by atoms with Gasteiger partial charge in [-0.05, 0) is 31.2 Å². The Hall–Kier alpha value is -2.00. The third-order valence-corrected chi connectivity index (χ3v) is 7.17. The summed E-state index contributed by atoms with van der Waals surface area (Å²) in [6, 6.07) is 12.8. The van der Waals surface area contributed by atoms with Gasteiger partial charge in [0.1, 0.15) is 6.04 Å². The number of nitrogens with zero attached hydrogens (tertiary/aromatic N) is 2. The summed E-state index contributed by atoms with van der Waals surface area (Å²) in [7, 11) is -3.54. The SMILES string of the molecule is C[C@@H](c1cccc([N+](=O)[O-])c1)[NH+]1CCN(S(=O)(=O)c2ccc(Cl)cc2)CC1. The molecule has 144 valence electrons.